The van der Waals surface area contributed by atoms with Crippen LogP contribution in [-0.2, 0) is 11.3 Å². The van der Waals surface area contributed by atoms with Crippen LogP contribution in [0.1, 0.15) is 23.4 Å². The second kappa shape index (κ2) is 8.33. The lowest BCUT2D eigenvalue weighted by Crippen LogP contribution is -2.32. The Labute approximate surface area is 132 Å². The maximum absolute atomic E-state index is 13.6. The van der Waals surface area contributed by atoms with E-state index in [9.17, 15) is 13.9 Å². The zero-order valence-electron chi connectivity index (χ0n) is 12.3. The first-order chi connectivity index (χ1) is 10.6. The van der Waals surface area contributed by atoms with Crippen molar-refractivity contribution in [2.45, 2.75) is 25.7 Å². The van der Waals surface area contributed by atoms with E-state index < -0.39 is 17.7 Å². The van der Waals surface area contributed by atoms with Crippen molar-refractivity contribution in [2.75, 3.05) is 13.2 Å². The van der Waals surface area contributed by atoms with E-state index in [1.54, 1.807) is 18.3 Å². The lowest BCUT2D eigenvalue weighted by molar-refractivity contribution is 0.0287. The highest BCUT2D eigenvalue weighted by Gasteiger charge is 2.13. The number of halogens is 2. The normalized spacial score (nSPS) is 14.0. The summed E-state index contributed by atoms with van der Waals surface area (Å²) >= 11 is 1.60. The average Bonchev–Trinajstić information content (AvgIpc) is 2.98. The molecule has 0 amide bonds. The summed E-state index contributed by atoms with van der Waals surface area (Å²) < 4.78 is 31.9. The van der Waals surface area contributed by atoms with E-state index in [2.05, 4.69) is 5.32 Å². The Balaban J connectivity index is 1.72. The molecule has 0 fully saturated rings. The Hall–Kier alpha value is -1.34. The first kappa shape index (κ1) is 17.0. The third kappa shape index (κ3) is 5.14. The van der Waals surface area contributed by atoms with Crippen LogP contribution < -0.4 is 5.32 Å². The van der Waals surface area contributed by atoms with Gasteiger partial charge in [-0.05, 0) is 24.4 Å². The van der Waals surface area contributed by atoms with Gasteiger partial charge in [-0.25, -0.2) is 8.78 Å². The number of rotatable bonds is 8. The standard InChI is InChI=1S/C16H19F2NO2S/c1-11(15-5-4-12(17)7-16(15)18)19-8-13(20)9-21-10-14-3-2-6-22-14/h2-7,11,13,19-20H,8-10H2,1H3. The van der Waals surface area contributed by atoms with Crippen molar-refractivity contribution < 1.29 is 18.6 Å². The summed E-state index contributed by atoms with van der Waals surface area (Å²) in [5.74, 6) is -1.20. The van der Waals surface area contributed by atoms with E-state index in [1.807, 2.05) is 17.5 Å². The molecule has 6 heteroatoms. The molecule has 0 radical (unpaired) electrons. The molecule has 0 aliphatic heterocycles. The second-order valence-electron chi connectivity index (χ2n) is 5.04. The van der Waals surface area contributed by atoms with Gasteiger partial charge in [0.05, 0.1) is 19.3 Å². The van der Waals surface area contributed by atoms with E-state index in [-0.39, 0.29) is 19.2 Å². The highest BCUT2D eigenvalue weighted by Crippen LogP contribution is 2.17. The number of nitrogens with one attached hydrogen (secondary N) is 1. The Morgan fingerprint density at radius 2 is 2.14 bits per heavy atom. The quantitative estimate of drug-likeness (QED) is 0.782. The van der Waals surface area contributed by atoms with E-state index in [0.717, 1.165) is 10.9 Å². The summed E-state index contributed by atoms with van der Waals surface area (Å²) in [4.78, 5) is 1.10. The molecule has 1 heterocycles. The van der Waals surface area contributed by atoms with Gasteiger partial charge in [-0.2, -0.15) is 0 Å². The van der Waals surface area contributed by atoms with Crippen molar-refractivity contribution in [1.29, 1.82) is 0 Å². The van der Waals surface area contributed by atoms with Crippen LogP contribution in [0.3, 0.4) is 0 Å². The molecule has 120 valence electrons. The minimum absolute atomic E-state index is 0.198. The molecule has 0 spiro atoms. The summed E-state index contributed by atoms with van der Waals surface area (Å²) in [5, 5.41) is 14.8. The van der Waals surface area contributed by atoms with E-state index in [0.29, 0.717) is 12.2 Å². The number of hydrogen-bond donors (Lipinski definition) is 2. The lowest BCUT2D eigenvalue weighted by atomic mass is 10.1. The summed E-state index contributed by atoms with van der Waals surface area (Å²) in [7, 11) is 0. The number of hydrogen-bond acceptors (Lipinski definition) is 4. The molecule has 0 aliphatic carbocycles. The van der Waals surface area contributed by atoms with Crippen LogP contribution in [-0.4, -0.2) is 24.4 Å². The molecule has 0 saturated carbocycles. The lowest BCUT2D eigenvalue weighted by Gasteiger charge is -2.18. The van der Waals surface area contributed by atoms with Crippen molar-refractivity contribution in [3.63, 3.8) is 0 Å². The Kier molecular flexibility index (Phi) is 6.45. The van der Waals surface area contributed by atoms with Crippen molar-refractivity contribution in [2.24, 2.45) is 0 Å². The molecule has 2 aromatic rings. The van der Waals surface area contributed by atoms with Crippen molar-refractivity contribution in [3.05, 3.63) is 57.8 Å². The molecular formula is C16H19F2NO2S. The molecule has 2 rings (SSSR count). The topological polar surface area (TPSA) is 41.5 Å². The van der Waals surface area contributed by atoms with E-state index in [1.165, 1.54) is 12.1 Å². The maximum Gasteiger partial charge on any atom is 0.130 e. The van der Waals surface area contributed by atoms with Crippen molar-refractivity contribution >= 4 is 11.3 Å². The van der Waals surface area contributed by atoms with Gasteiger partial charge in [0.1, 0.15) is 11.6 Å². The molecule has 2 N–H and O–H groups in total. The molecule has 1 aromatic carbocycles. The largest absolute Gasteiger partial charge is 0.389 e. The SMILES string of the molecule is CC(NCC(O)COCc1cccs1)c1ccc(F)cc1F. The fraction of sp³-hybridized carbons (Fsp3) is 0.375. The maximum atomic E-state index is 13.6. The van der Waals surface area contributed by atoms with Gasteiger partial charge in [0.25, 0.3) is 0 Å². The Morgan fingerprint density at radius 1 is 1.32 bits per heavy atom. The van der Waals surface area contributed by atoms with Crippen LogP contribution >= 0.6 is 11.3 Å². The van der Waals surface area contributed by atoms with Crippen molar-refractivity contribution in [3.8, 4) is 0 Å². The number of aliphatic hydroxyl groups excluding tert-OH is 1. The number of ether oxygens (including phenoxy) is 1. The van der Waals surface area contributed by atoms with Gasteiger partial charge >= 0.3 is 0 Å². The molecule has 1 aromatic heterocycles. The van der Waals surface area contributed by atoms with E-state index >= 15 is 0 Å². The first-order valence-electron chi connectivity index (χ1n) is 7.03. The van der Waals surface area contributed by atoms with Crippen LogP contribution in [0, 0.1) is 11.6 Å². The summed E-state index contributed by atoms with van der Waals surface area (Å²) in [6.07, 6.45) is -0.689. The molecule has 0 saturated heterocycles. The second-order valence-corrected chi connectivity index (χ2v) is 6.08. The zero-order chi connectivity index (χ0) is 15.9. The van der Waals surface area contributed by atoms with Crippen molar-refractivity contribution in [1.82, 2.24) is 5.32 Å². The van der Waals surface area contributed by atoms with Crippen LogP contribution in [0.4, 0.5) is 8.78 Å². The monoisotopic (exact) mass is 327 g/mol. The summed E-state index contributed by atoms with van der Waals surface area (Å²) in [5.41, 5.74) is 0.369. The highest BCUT2D eigenvalue weighted by atomic mass is 32.1. The Morgan fingerprint density at radius 3 is 2.82 bits per heavy atom. The predicted octanol–water partition coefficient (Wildman–Crippen LogP) is 3.25. The van der Waals surface area contributed by atoms with Crippen LogP contribution in [0.2, 0.25) is 0 Å². The van der Waals surface area contributed by atoms with Gasteiger partial charge in [-0.15, -0.1) is 11.3 Å². The number of thiophene rings is 1. The minimum Gasteiger partial charge on any atom is -0.389 e. The van der Waals surface area contributed by atoms with E-state index in [4.69, 9.17) is 4.74 Å². The molecule has 22 heavy (non-hydrogen) atoms. The van der Waals surface area contributed by atoms with Gasteiger partial charge < -0.3 is 15.2 Å². The van der Waals surface area contributed by atoms with Gasteiger partial charge in [-0.3, -0.25) is 0 Å². The summed E-state index contributed by atoms with van der Waals surface area (Å²) in [6, 6.07) is 7.06. The van der Waals surface area contributed by atoms with Gasteiger partial charge in [0.2, 0.25) is 0 Å². The van der Waals surface area contributed by atoms with Gasteiger partial charge in [-0.1, -0.05) is 12.1 Å². The molecule has 0 bridgehead atoms. The van der Waals surface area contributed by atoms with Gasteiger partial charge in [0.15, 0.2) is 0 Å². The Bertz CT molecular complexity index is 578. The molecule has 3 nitrogen and oxygen atoms in total. The molecular weight excluding hydrogens is 308 g/mol. The minimum atomic E-state index is -0.689. The molecule has 0 aliphatic rings. The van der Waals surface area contributed by atoms with Crippen LogP contribution in [0.5, 0.6) is 0 Å². The average molecular weight is 327 g/mol. The molecule has 2 unspecified atom stereocenters. The fourth-order valence-electron chi connectivity index (χ4n) is 2.02. The number of benzene rings is 1. The first-order valence-corrected chi connectivity index (χ1v) is 7.90. The third-order valence-corrected chi connectivity index (χ3v) is 4.07. The van der Waals surface area contributed by atoms with Crippen LogP contribution in [0.15, 0.2) is 35.7 Å². The predicted molar refractivity (Wildman–Crippen MR) is 82.8 cm³/mol. The van der Waals surface area contributed by atoms with Crippen LogP contribution in [0.25, 0.3) is 0 Å². The van der Waals surface area contributed by atoms with Gasteiger partial charge in [0, 0.05) is 29.1 Å². The smallest absolute Gasteiger partial charge is 0.130 e. The zero-order valence-corrected chi connectivity index (χ0v) is 13.1. The highest BCUT2D eigenvalue weighted by molar-refractivity contribution is 7.09. The summed E-state index contributed by atoms with van der Waals surface area (Å²) in [6.45, 7) is 2.69. The third-order valence-electron chi connectivity index (χ3n) is 3.22. The fourth-order valence-corrected chi connectivity index (χ4v) is 2.67. The number of aliphatic hydroxyl groups is 1. The molecule has 2 atom stereocenters.